The molecule has 3 aromatic carbocycles. The lowest BCUT2D eigenvalue weighted by atomic mass is 10.1. The van der Waals surface area contributed by atoms with Gasteiger partial charge in [0.05, 0.1) is 17.8 Å². The minimum absolute atomic E-state index is 0.0427. The van der Waals surface area contributed by atoms with Crippen molar-refractivity contribution < 1.29 is 14.0 Å². The van der Waals surface area contributed by atoms with Crippen molar-refractivity contribution in [2.24, 2.45) is 0 Å². The number of anilines is 1. The van der Waals surface area contributed by atoms with Gasteiger partial charge < -0.3 is 10.2 Å². The third-order valence-electron chi connectivity index (χ3n) is 5.37. The Morgan fingerprint density at radius 2 is 1.81 bits per heavy atom. The van der Waals surface area contributed by atoms with Gasteiger partial charge in [-0.2, -0.15) is 0 Å². The number of rotatable bonds is 5. The largest absolute Gasteiger partial charge is 0.350 e. The zero-order valence-corrected chi connectivity index (χ0v) is 18.2. The maximum atomic E-state index is 14.4. The Morgan fingerprint density at radius 1 is 1.06 bits per heavy atom. The molecule has 0 saturated heterocycles. The summed E-state index contributed by atoms with van der Waals surface area (Å²) in [6.07, 6.45) is 0.819. The maximum Gasteiger partial charge on any atom is 0.259 e. The van der Waals surface area contributed by atoms with Crippen LogP contribution in [0.1, 0.15) is 46.5 Å². The highest BCUT2D eigenvalue weighted by Crippen LogP contribution is 2.42. The summed E-state index contributed by atoms with van der Waals surface area (Å²) in [6.45, 7) is 4.02. The molecule has 0 bridgehead atoms. The Bertz CT molecular complexity index is 1150. The Balaban J connectivity index is 1.80. The topological polar surface area (TPSA) is 49.4 Å². The van der Waals surface area contributed by atoms with Crippen LogP contribution in [0.5, 0.6) is 0 Å². The molecule has 1 aliphatic heterocycles. The summed E-state index contributed by atoms with van der Waals surface area (Å²) >= 11 is 1.48. The fourth-order valence-electron chi connectivity index (χ4n) is 3.42. The second-order valence-corrected chi connectivity index (χ2v) is 8.63. The van der Waals surface area contributed by atoms with E-state index in [0.29, 0.717) is 22.4 Å². The molecule has 0 aliphatic carbocycles. The van der Waals surface area contributed by atoms with Crippen LogP contribution < -0.4 is 10.2 Å². The summed E-state index contributed by atoms with van der Waals surface area (Å²) in [5.41, 5.74) is 2.05. The standard InChI is InChI=1S/C25H23FN2O2S/c1-3-16(2)27-24(29)17-12-13-23-21(14-17)28(15-18-8-4-6-10-20(18)26)25(30)19-9-5-7-11-22(19)31-23/h4-14,16H,3,15H2,1-2H3,(H,27,29)/t16-/m1/s1. The van der Waals surface area contributed by atoms with E-state index in [1.807, 2.05) is 38.1 Å². The predicted molar refractivity (Wildman–Crippen MR) is 121 cm³/mol. The molecule has 158 valence electrons. The van der Waals surface area contributed by atoms with Gasteiger partial charge in [-0.1, -0.05) is 49.0 Å². The van der Waals surface area contributed by atoms with Crippen LogP contribution in [0.2, 0.25) is 0 Å². The van der Waals surface area contributed by atoms with E-state index in [1.54, 1.807) is 41.3 Å². The highest BCUT2D eigenvalue weighted by atomic mass is 32.2. The third kappa shape index (κ3) is 4.35. The number of amides is 2. The smallest absolute Gasteiger partial charge is 0.259 e. The molecule has 0 unspecified atom stereocenters. The fraction of sp³-hybridized carbons (Fsp3) is 0.200. The van der Waals surface area contributed by atoms with Crippen molar-refractivity contribution in [1.29, 1.82) is 0 Å². The van der Waals surface area contributed by atoms with Gasteiger partial charge in [0, 0.05) is 27.0 Å². The lowest BCUT2D eigenvalue weighted by Gasteiger charge is -2.24. The summed E-state index contributed by atoms with van der Waals surface area (Å²) in [6, 6.07) is 19.2. The van der Waals surface area contributed by atoms with Gasteiger partial charge in [-0.3, -0.25) is 9.59 Å². The van der Waals surface area contributed by atoms with E-state index in [0.717, 1.165) is 16.2 Å². The van der Waals surface area contributed by atoms with Crippen LogP contribution in [0.3, 0.4) is 0 Å². The summed E-state index contributed by atoms with van der Waals surface area (Å²) in [5, 5.41) is 2.96. The molecule has 1 heterocycles. The molecule has 31 heavy (non-hydrogen) atoms. The first kappa shape index (κ1) is 21.1. The molecule has 0 radical (unpaired) electrons. The first-order valence-corrected chi connectivity index (χ1v) is 11.1. The Kier molecular flexibility index (Phi) is 6.09. The molecule has 1 aliphatic rings. The molecule has 0 saturated carbocycles. The molecule has 0 spiro atoms. The van der Waals surface area contributed by atoms with Gasteiger partial charge in [-0.05, 0) is 49.7 Å². The average molecular weight is 435 g/mol. The van der Waals surface area contributed by atoms with Crippen molar-refractivity contribution in [3.05, 3.63) is 89.2 Å². The number of benzene rings is 3. The summed E-state index contributed by atoms with van der Waals surface area (Å²) in [4.78, 5) is 29.5. The van der Waals surface area contributed by atoms with Crippen molar-refractivity contribution >= 4 is 29.3 Å². The number of hydrogen-bond acceptors (Lipinski definition) is 3. The molecular weight excluding hydrogens is 411 g/mol. The third-order valence-corrected chi connectivity index (χ3v) is 6.51. The van der Waals surface area contributed by atoms with E-state index >= 15 is 0 Å². The van der Waals surface area contributed by atoms with Crippen LogP contribution >= 0.6 is 11.8 Å². The molecule has 1 N–H and O–H groups in total. The van der Waals surface area contributed by atoms with Crippen LogP contribution in [0, 0.1) is 5.82 Å². The molecule has 2 amide bonds. The van der Waals surface area contributed by atoms with Gasteiger partial charge in [0.25, 0.3) is 11.8 Å². The summed E-state index contributed by atoms with van der Waals surface area (Å²) < 4.78 is 14.4. The van der Waals surface area contributed by atoms with Gasteiger partial charge in [-0.15, -0.1) is 0 Å². The van der Waals surface area contributed by atoms with Crippen molar-refractivity contribution in [3.8, 4) is 0 Å². The van der Waals surface area contributed by atoms with E-state index in [9.17, 15) is 14.0 Å². The SMILES string of the molecule is CC[C@@H](C)NC(=O)c1ccc2c(c1)N(Cc1ccccc1F)C(=O)c1ccccc1S2. The second-order valence-electron chi connectivity index (χ2n) is 7.55. The van der Waals surface area contributed by atoms with E-state index in [-0.39, 0.29) is 30.2 Å². The number of carbonyl (C=O) groups is 2. The average Bonchev–Trinajstić information content (AvgIpc) is 2.89. The lowest BCUT2D eigenvalue weighted by Crippen LogP contribution is -2.33. The zero-order chi connectivity index (χ0) is 22.0. The minimum Gasteiger partial charge on any atom is -0.350 e. The quantitative estimate of drug-likeness (QED) is 0.563. The van der Waals surface area contributed by atoms with Crippen LogP contribution in [0.25, 0.3) is 0 Å². The number of hydrogen-bond donors (Lipinski definition) is 1. The number of nitrogens with zero attached hydrogens (tertiary/aromatic N) is 1. The van der Waals surface area contributed by atoms with Crippen LogP contribution in [-0.4, -0.2) is 17.9 Å². The number of nitrogens with one attached hydrogen (secondary N) is 1. The van der Waals surface area contributed by atoms with Gasteiger partial charge in [0.1, 0.15) is 5.82 Å². The molecule has 3 aromatic rings. The zero-order valence-electron chi connectivity index (χ0n) is 17.4. The molecule has 0 fully saturated rings. The second kappa shape index (κ2) is 8.94. The predicted octanol–water partition coefficient (Wildman–Crippen LogP) is 5.67. The van der Waals surface area contributed by atoms with E-state index in [2.05, 4.69) is 5.32 Å². The van der Waals surface area contributed by atoms with E-state index in [4.69, 9.17) is 0 Å². The molecule has 4 rings (SSSR count). The first-order valence-electron chi connectivity index (χ1n) is 10.2. The molecule has 1 atom stereocenters. The minimum atomic E-state index is -0.368. The van der Waals surface area contributed by atoms with Crippen molar-refractivity contribution in [1.82, 2.24) is 5.32 Å². The van der Waals surface area contributed by atoms with Crippen LogP contribution in [0.4, 0.5) is 10.1 Å². The Morgan fingerprint density at radius 3 is 2.58 bits per heavy atom. The van der Waals surface area contributed by atoms with Crippen LogP contribution in [-0.2, 0) is 6.54 Å². The maximum absolute atomic E-state index is 14.4. The Labute approximate surface area is 185 Å². The molecule has 0 aromatic heterocycles. The normalized spacial score (nSPS) is 13.8. The van der Waals surface area contributed by atoms with Gasteiger partial charge >= 0.3 is 0 Å². The number of carbonyl (C=O) groups excluding carboxylic acids is 2. The fourth-order valence-corrected chi connectivity index (χ4v) is 4.48. The van der Waals surface area contributed by atoms with Crippen molar-refractivity contribution in [3.63, 3.8) is 0 Å². The van der Waals surface area contributed by atoms with Crippen molar-refractivity contribution in [2.75, 3.05) is 4.90 Å². The van der Waals surface area contributed by atoms with E-state index < -0.39 is 0 Å². The monoisotopic (exact) mass is 434 g/mol. The van der Waals surface area contributed by atoms with Gasteiger partial charge in [0.15, 0.2) is 0 Å². The first-order chi connectivity index (χ1) is 15.0. The highest BCUT2D eigenvalue weighted by Gasteiger charge is 2.28. The Hall–Kier alpha value is -3.12. The highest BCUT2D eigenvalue weighted by molar-refractivity contribution is 7.99. The molecular formula is C25H23FN2O2S. The number of halogens is 1. The van der Waals surface area contributed by atoms with Crippen LogP contribution in [0.15, 0.2) is 76.5 Å². The van der Waals surface area contributed by atoms with Gasteiger partial charge in [0.2, 0.25) is 0 Å². The van der Waals surface area contributed by atoms with E-state index in [1.165, 1.54) is 17.8 Å². The summed E-state index contributed by atoms with van der Waals surface area (Å²) in [7, 11) is 0. The summed E-state index contributed by atoms with van der Waals surface area (Å²) in [5.74, 6) is -0.778. The molecule has 4 nitrogen and oxygen atoms in total. The molecule has 6 heteroatoms. The number of fused-ring (bicyclic) bond motifs is 2. The lowest BCUT2D eigenvalue weighted by molar-refractivity contribution is 0.0936. The van der Waals surface area contributed by atoms with Gasteiger partial charge in [-0.25, -0.2) is 4.39 Å². The van der Waals surface area contributed by atoms with Crippen molar-refractivity contribution in [2.45, 2.75) is 42.6 Å².